The Bertz CT molecular complexity index is 936. The number of amides is 1. The quantitative estimate of drug-likeness (QED) is 0.433. The van der Waals surface area contributed by atoms with E-state index < -0.39 is 11.9 Å². The van der Waals surface area contributed by atoms with Crippen molar-refractivity contribution in [2.45, 2.75) is 0 Å². The lowest BCUT2D eigenvalue weighted by molar-refractivity contribution is -0.142. The lowest BCUT2D eigenvalue weighted by Gasteiger charge is -2.02. The van der Waals surface area contributed by atoms with Crippen molar-refractivity contribution >= 4 is 61.7 Å². The molecule has 0 radical (unpaired) electrons. The van der Waals surface area contributed by atoms with Crippen LogP contribution in [0.15, 0.2) is 57.7 Å². The van der Waals surface area contributed by atoms with Crippen LogP contribution in [0, 0.1) is 0 Å². The number of thiazole rings is 1. The van der Waals surface area contributed by atoms with E-state index in [1.54, 1.807) is 6.08 Å². The second kappa shape index (κ2) is 8.88. The van der Waals surface area contributed by atoms with Crippen LogP contribution >= 0.6 is 38.6 Å². The van der Waals surface area contributed by atoms with Gasteiger partial charge >= 0.3 is 5.97 Å². The summed E-state index contributed by atoms with van der Waals surface area (Å²) >= 11 is 6.24. The zero-order chi connectivity index (χ0) is 18.4. The third-order valence-corrected chi connectivity index (χ3v) is 5.23. The minimum absolute atomic E-state index is 0.362. The highest BCUT2D eigenvalue weighted by atomic mass is 79.9. The molecule has 0 saturated heterocycles. The molecular formula is C18H13BrN2O3S2. The molecule has 0 aliphatic rings. The Morgan fingerprint density at radius 1 is 1.23 bits per heavy atom. The molecule has 132 valence electrons. The molecule has 3 aromatic rings. The largest absolute Gasteiger partial charge is 0.452 e. The monoisotopic (exact) mass is 448 g/mol. The maximum absolute atomic E-state index is 11.9. The van der Waals surface area contributed by atoms with Crippen molar-refractivity contribution in [1.29, 1.82) is 0 Å². The molecule has 0 aliphatic heterocycles. The average molecular weight is 449 g/mol. The maximum atomic E-state index is 11.9. The van der Waals surface area contributed by atoms with Gasteiger partial charge in [0, 0.05) is 26.4 Å². The number of nitrogens with one attached hydrogen (secondary N) is 1. The highest BCUT2D eigenvalue weighted by Gasteiger charge is 2.10. The topological polar surface area (TPSA) is 68.3 Å². The van der Waals surface area contributed by atoms with E-state index in [1.165, 1.54) is 28.7 Å². The summed E-state index contributed by atoms with van der Waals surface area (Å²) in [6.45, 7) is -0.362. The number of carbonyl (C=O) groups is 2. The van der Waals surface area contributed by atoms with Crippen LogP contribution in [0.3, 0.4) is 0 Å². The number of rotatable bonds is 6. The first-order valence-electron chi connectivity index (χ1n) is 7.50. The molecule has 0 fully saturated rings. The number of benzene rings is 1. The summed E-state index contributed by atoms with van der Waals surface area (Å²) in [5.74, 6) is -1.000. The van der Waals surface area contributed by atoms with Gasteiger partial charge in [-0.3, -0.25) is 10.1 Å². The van der Waals surface area contributed by atoms with Crippen LogP contribution < -0.4 is 5.32 Å². The van der Waals surface area contributed by atoms with E-state index in [9.17, 15) is 9.59 Å². The fourth-order valence-corrected chi connectivity index (χ4v) is 3.74. The molecule has 0 bridgehead atoms. The number of ether oxygens (including phenoxy) is 1. The van der Waals surface area contributed by atoms with E-state index >= 15 is 0 Å². The fraction of sp³-hybridized carbons (Fsp3) is 0.0556. The molecule has 26 heavy (non-hydrogen) atoms. The Kier molecular flexibility index (Phi) is 6.32. The summed E-state index contributed by atoms with van der Waals surface area (Å²) in [6.07, 6.45) is 2.95. The first-order chi connectivity index (χ1) is 12.6. The van der Waals surface area contributed by atoms with Gasteiger partial charge in [0.2, 0.25) is 0 Å². The Labute approximate surface area is 166 Å². The zero-order valence-corrected chi connectivity index (χ0v) is 16.6. The number of anilines is 1. The summed E-state index contributed by atoms with van der Waals surface area (Å²) in [6, 6.07) is 11.5. The second-order valence-corrected chi connectivity index (χ2v) is 7.81. The van der Waals surface area contributed by atoms with Gasteiger partial charge in [-0.15, -0.1) is 22.7 Å². The molecule has 0 unspecified atom stereocenters. The van der Waals surface area contributed by atoms with Gasteiger partial charge in [-0.1, -0.05) is 34.1 Å². The predicted octanol–water partition coefficient (Wildman–Crippen LogP) is 4.83. The number of nitrogens with zero attached hydrogens (tertiary/aromatic N) is 1. The molecule has 1 aromatic carbocycles. The summed E-state index contributed by atoms with van der Waals surface area (Å²) in [5, 5.41) is 6.85. The number of carbonyl (C=O) groups excluding carboxylic acids is 2. The van der Waals surface area contributed by atoms with Crippen LogP contribution in [0.4, 0.5) is 5.13 Å². The first-order valence-corrected chi connectivity index (χ1v) is 10.0. The predicted molar refractivity (Wildman–Crippen MR) is 108 cm³/mol. The summed E-state index contributed by atoms with van der Waals surface area (Å²) < 4.78 is 5.87. The van der Waals surface area contributed by atoms with E-state index in [0.29, 0.717) is 5.13 Å². The number of aromatic nitrogens is 1. The maximum Gasteiger partial charge on any atom is 0.331 e. The minimum Gasteiger partial charge on any atom is -0.452 e. The molecule has 5 nitrogen and oxygen atoms in total. The molecule has 3 rings (SSSR count). The van der Waals surface area contributed by atoms with Gasteiger partial charge in [0.1, 0.15) is 0 Å². The van der Waals surface area contributed by atoms with Crippen LogP contribution in [0.1, 0.15) is 4.88 Å². The van der Waals surface area contributed by atoms with E-state index in [1.807, 2.05) is 47.2 Å². The molecule has 0 saturated carbocycles. The van der Waals surface area contributed by atoms with Gasteiger partial charge in [-0.25, -0.2) is 9.78 Å². The van der Waals surface area contributed by atoms with E-state index in [0.717, 1.165) is 20.6 Å². The van der Waals surface area contributed by atoms with Crippen molar-refractivity contribution in [2.24, 2.45) is 0 Å². The number of thiophene rings is 1. The summed E-state index contributed by atoms with van der Waals surface area (Å²) in [7, 11) is 0. The summed E-state index contributed by atoms with van der Waals surface area (Å²) in [4.78, 5) is 28.8. The third kappa shape index (κ3) is 5.35. The van der Waals surface area contributed by atoms with Crippen LogP contribution in [0.2, 0.25) is 0 Å². The molecular weight excluding hydrogens is 436 g/mol. The van der Waals surface area contributed by atoms with Gasteiger partial charge in [-0.05, 0) is 29.7 Å². The highest BCUT2D eigenvalue weighted by molar-refractivity contribution is 9.10. The highest BCUT2D eigenvalue weighted by Crippen LogP contribution is 2.26. The smallest absolute Gasteiger partial charge is 0.331 e. The van der Waals surface area contributed by atoms with Crippen molar-refractivity contribution < 1.29 is 14.3 Å². The minimum atomic E-state index is -0.567. The molecule has 0 aliphatic carbocycles. The van der Waals surface area contributed by atoms with Crippen LogP contribution in [0.25, 0.3) is 17.3 Å². The number of halogens is 1. The first kappa shape index (κ1) is 18.5. The van der Waals surface area contributed by atoms with Crippen molar-refractivity contribution in [3.8, 4) is 11.3 Å². The summed E-state index contributed by atoms with van der Waals surface area (Å²) in [5.41, 5.74) is 1.71. The van der Waals surface area contributed by atoms with Crippen molar-refractivity contribution in [3.05, 3.63) is 62.6 Å². The number of hydrogen-bond donors (Lipinski definition) is 1. The average Bonchev–Trinajstić information content (AvgIpc) is 3.30. The van der Waals surface area contributed by atoms with Gasteiger partial charge in [0.15, 0.2) is 11.7 Å². The Balaban J connectivity index is 1.50. The second-order valence-electron chi connectivity index (χ2n) is 5.05. The van der Waals surface area contributed by atoms with E-state index in [-0.39, 0.29) is 6.61 Å². The molecule has 2 heterocycles. The molecule has 1 amide bonds. The SMILES string of the molecule is O=C(COC(=O)C=Cc1cccs1)Nc1nc(-c2cccc(Br)c2)cs1. The fourth-order valence-electron chi connectivity index (χ4n) is 1.99. The Hall–Kier alpha value is -2.29. The Morgan fingerprint density at radius 2 is 2.12 bits per heavy atom. The van der Waals surface area contributed by atoms with E-state index in [2.05, 4.69) is 26.2 Å². The van der Waals surface area contributed by atoms with Gasteiger partial charge in [0.25, 0.3) is 5.91 Å². The van der Waals surface area contributed by atoms with E-state index in [4.69, 9.17) is 4.74 Å². The van der Waals surface area contributed by atoms with Gasteiger partial charge < -0.3 is 4.74 Å². The van der Waals surface area contributed by atoms with Crippen molar-refractivity contribution in [1.82, 2.24) is 4.98 Å². The number of hydrogen-bond acceptors (Lipinski definition) is 6. The standard InChI is InChI=1S/C18H13BrN2O3S2/c19-13-4-1-3-12(9-13)15-11-26-18(20-15)21-16(22)10-24-17(23)7-6-14-5-2-8-25-14/h1-9,11H,10H2,(H,20,21,22). The van der Waals surface area contributed by atoms with Gasteiger partial charge in [0.05, 0.1) is 5.69 Å². The molecule has 0 spiro atoms. The number of esters is 1. The third-order valence-electron chi connectivity index (χ3n) is 3.14. The van der Waals surface area contributed by atoms with Crippen molar-refractivity contribution in [3.63, 3.8) is 0 Å². The lowest BCUT2D eigenvalue weighted by atomic mass is 10.2. The van der Waals surface area contributed by atoms with Crippen LogP contribution in [0.5, 0.6) is 0 Å². The zero-order valence-electron chi connectivity index (χ0n) is 13.3. The lowest BCUT2D eigenvalue weighted by Crippen LogP contribution is -2.20. The normalized spacial score (nSPS) is 10.8. The van der Waals surface area contributed by atoms with Gasteiger partial charge in [-0.2, -0.15) is 0 Å². The van der Waals surface area contributed by atoms with Crippen LogP contribution in [-0.2, 0) is 14.3 Å². The molecule has 1 N–H and O–H groups in total. The molecule has 8 heteroatoms. The Morgan fingerprint density at radius 3 is 2.88 bits per heavy atom. The van der Waals surface area contributed by atoms with Crippen LogP contribution in [-0.4, -0.2) is 23.5 Å². The molecule has 2 aromatic heterocycles. The van der Waals surface area contributed by atoms with Crippen molar-refractivity contribution in [2.75, 3.05) is 11.9 Å². The molecule has 0 atom stereocenters.